The Morgan fingerprint density at radius 3 is 1.73 bits per heavy atom. The van der Waals surface area contributed by atoms with Crippen molar-refractivity contribution in [1.82, 2.24) is 26.6 Å². The van der Waals surface area contributed by atoms with E-state index in [0.29, 0.717) is 0 Å². The number of rotatable bonds is 14. The summed E-state index contributed by atoms with van der Waals surface area (Å²) in [5, 5.41) is 98.0. The van der Waals surface area contributed by atoms with Crippen LogP contribution in [0.2, 0.25) is 0 Å². The van der Waals surface area contributed by atoms with Gasteiger partial charge in [-0.3, -0.25) is 24.0 Å². The Morgan fingerprint density at radius 1 is 0.654 bits per heavy atom. The van der Waals surface area contributed by atoms with E-state index >= 15 is 0 Å². The lowest BCUT2D eigenvalue weighted by Gasteiger charge is -2.49. The summed E-state index contributed by atoms with van der Waals surface area (Å²) in [6.07, 6.45) is -22.8. The van der Waals surface area contributed by atoms with Gasteiger partial charge in [0.15, 0.2) is 12.6 Å². The average molecular weight is 754 g/mol. The van der Waals surface area contributed by atoms with E-state index in [1.165, 1.54) is 13.8 Å². The Balaban J connectivity index is 1.98. The third-order valence-electron chi connectivity index (χ3n) is 8.84. The molecule has 22 heteroatoms. The zero-order valence-electron chi connectivity index (χ0n) is 29.0. The van der Waals surface area contributed by atoms with Crippen LogP contribution in [0.25, 0.3) is 0 Å². The SMILES string of the molecule is CC(=O)NCC[C@H](O)C(=O)N[C@@H]1C[C@H](NC(C)=O)[C@@H](O[C@H]2O[C@H](CNC(C)=O)[C@@H](O)[C@H](O)[C@H]2O)[C@H](O)[C@H]1O[C@H]1O[C@H](CO)[C@@H](O)[C@H](NC(C)=O)[C@H]1O. The van der Waals surface area contributed by atoms with Gasteiger partial charge in [0.2, 0.25) is 29.5 Å². The van der Waals surface area contributed by atoms with Crippen LogP contribution in [0.15, 0.2) is 0 Å². The van der Waals surface area contributed by atoms with Gasteiger partial charge >= 0.3 is 0 Å². The molecule has 0 aromatic heterocycles. The number of hydrogen-bond donors (Lipinski definition) is 13. The number of nitrogens with one attached hydrogen (secondary N) is 5. The van der Waals surface area contributed by atoms with Crippen LogP contribution in [0.3, 0.4) is 0 Å². The zero-order valence-corrected chi connectivity index (χ0v) is 29.0. The summed E-state index contributed by atoms with van der Waals surface area (Å²) < 4.78 is 23.2. The molecule has 298 valence electrons. The molecule has 0 aromatic rings. The lowest BCUT2D eigenvalue weighted by atomic mass is 9.82. The smallest absolute Gasteiger partial charge is 0.249 e. The molecule has 13 N–H and O–H groups in total. The highest BCUT2D eigenvalue weighted by Gasteiger charge is 2.54. The van der Waals surface area contributed by atoms with E-state index in [0.717, 1.165) is 13.8 Å². The van der Waals surface area contributed by atoms with Crippen LogP contribution >= 0.6 is 0 Å². The minimum atomic E-state index is -1.95. The van der Waals surface area contributed by atoms with Crippen molar-refractivity contribution in [3.8, 4) is 0 Å². The van der Waals surface area contributed by atoms with Gasteiger partial charge in [-0.2, -0.15) is 0 Å². The van der Waals surface area contributed by atoms with Gasteiger partial charge in [0, 0.05) is 40.8 Å². The maximum absolute atomic E-state index is 13.1. The first kappa shape index (κ1) is 43.3. The van der Waals surface area contributed by atoms with Gasteiger partial charge in [0.25, 0.3) is 0 Å². The molecule has 0 spiro atoms. The first-order valence-electron chi connectivity index (χ1n) is 16.7. The minimum absolute atomic E-state index is 0.0771. The molecular weight excluding hydrogens is 702 g/mol. The lowest BCUT2D eigenvalue weighted by Crippen LogP contribution is -2.70. The zero-order chi connectivity index (χ0) is 39.0. The van der Waals surface area contributed by atoms with Crippen molar-refractivity contribution in [2.45, 2.75) is 138 Å². The highest BCUT2D eigenvalue weighted by atomic mass is 16.7. The second kappa shape index (κ2) is 19.3. The Labute approximate surface area is 298 Å². The molecule has 22 nitrogen and oxygen atoms in total. The van der Waals surface area contributed by atoms with Crippen LogP contribution < -0.4 is 26.6 Å². The molecule has 0 unspecified atom stereocenters. The summed E-state index contributed by atoms with van der Waals surface area (Å²) >= 11 is 0. The van der Waals surface area contributed by atoms with Crippen LogP contribution in [0.4, 0.5) is 0 Å². The maximum atomic E-state index is 13.1. The molecule has 2 heterocycles. The van der Waals surface area contributed by atoms with E-state index in [1.807, 2.05) is 0 Å². The fraction of sp³-hybridized carbons (Fsp3) is 0.833. The van der Waals surface area contributed by atoms with E-state index in [4.69, 9.17) is 18.9 Å². The minimum Gasteiger partial charge on any atom is -0.394 e. The Bertz CT molecular complexity index is 1250. The monoisotopic (exact) mass is 753 g/mol. The van der Waals surface area contributed by atoms with Gasteiger partial charge in [-0.05, 0) is 12.8 Å². The predicted molar refractivity (Wildman–Crippen MR) is 170 cm³/mol. The van der Waals surface area contributed by atoms with E-state index < -0.39 is 134 Å². The second-order valence-corrected chi connectivity index (χ2v) is 13.0. The molecule has 1 saturated carbocycles. The van der Waals surface area contributed by atoms with Gasteiger partial charge < -0.3 is 86.4 Å². The molecule has 3 aliphatic rings. The van der Waals surface area contributed by atoms with E-state index in [9.17, 15) is 64.8 Å². The van der Waals surface area contributed by atoms with Crippen molar-refractivity contribution in [1.29, 1.82) is 0 Å². The Hall–Kier alpha value is -3.13. The second-order valence-electron chi connectivity index (χ2n) is 13.0. The molecule has 52 heavy (non-hydrogen) atoms. The van der Waals surface area contributed by atoms with Crippen LogP contribution in [0.1, 0.15) is 40.5 Å². The Morgan fingerprint density at radius 2 is 1.19 bits per heavy atom. The number of ether oxygens (including phenoxy) is 4. The number of carbonyl (C=O) groups excluding carboxylic acids is 5. The number of carbonyl (C=O) groups is 5. The third kappa shape index (κ3) is 11.2. The van der Waals surface area contributed by atoms with E-state index in [1.54, 1.807) is 0 Å². The lowest BCUT2D eigenvalue weighted by molar-refractivity contribution is -0.334. The molecular formula is C30H51N5O17. The molecule has 16 atom stereocenters. The quantitative estimate of drug-likeness (QED) is 0.0783. The fourth-order valence-electron chi connectivity index (χ4n) is 6.25. The van der Waals surface area contributed by atoms with Crippen LogP contribution in [-0.2, 0) is 42.9 Å². The molecule has 0 aromatic carbocycles. The summed E-state index contributed by atoms with van der Waals surface area (Å²) in [4.78, 5) is 60.1. The van der Waals surface area contributed by atoms with Crippen LogP contribution in [0, 0.1) is 0 Å². The highest BCUT2D eigenvalue weighted by Crippen LogP contribution is 2.33. The Kier molecular flexibility index (Phi) is 16.0. The topological polar surface area (TPSA) is 344 Å². The normalized spacial score (nSPS) is 38.3. The molecule has 2 aliphatic heterocycles. The summed E-state index contributed by atoms with van der Waals surface area (Å²) in [6.45, 7) is 3.46. The summed E-state index contributed by atoms with van der Waals surface area (Å²) in [7, 11) is 0. The number of hydrogen-bond acceptors (Lipinski definition) is 17. The summed E-state index contributed by atoms with van der Waals surface area (Å²) in [5.74, 6) is -3.21. The first-order chi connectivity index (χ1) is 24.4. The van der Waals surface area contributed by atoms with Gasteiger partial charge in [0.1, 0.15) is 67.1 Å². The van der Waals surface area contributed by atoms with Crippen molar-refractivity contribution < 1.29 is 83.8 Å². The van der Waals surface area contributed by atoms with Crippen molar-refractivity contribution in [3.05, 3.63) is 0 Å². The first-order valence-corrected chi connectivity index (χ1v) is 16.7. The van der Waals surface area contributed by atoms with Crippen LogP contribution in [0.5, 0.6) is 0 Å². The molecule has 2 saturated heterocycles. The van der Waals surface area contributed by atoms with Gasteiger partial charge in [-0.15, -0.1) is 0 Å². The number of aliphatic hydroxyl groups excluding tert-OH is 8. The molecule has 0 bridgehead atoms. The molecule has 0 radical (unpaired) electrons. The molecule has 3 rings (SSSR count). The van der Waals surface area contributed by atoms with Gasteiger partial charge in [0.05, 0.1) is 24.7 Å². The summed E-state index contributed by atoms with van der Waals surface area (Å²) in [6, 6.07) is -4.00. The maximum Gasteiger partial charge on any atom is 0.249 e. The number of aliphatic hydroxyl groups is 8. The van der Waals surface area contributed by atoms with Gasteiger partial charge in [-0.1, -0.05) is 0 Å². The fourth-order valence-corrected chi connectivity index (χ4v) is 6.25. The largest absolute Gasteiger partial charge is 0.394 e. The summed E-state index contributed by atoms with van der Waals surface area (Å²) in [5.41, 5.74) is 0. The van der Waals surface area contributed by atoms with Crippen LogP contribution in [-0.4, -0.2) is 188 Å². The van der Waals surface area contributed by atoms with Crippen molar-refractivity contribution >= 4 is 29.5 Å². The molecule has 5 amide bonds. The molecule has 1 aliphatic carbocycles. The van der Waals surface area contributed by atoms with Crippen molar-refractivity contribution in [2.75, 3.05) is 19.7 Å². The van der Waals surface area contributed by atoms with Gasteiger partial charge in [-0.25, -0.2) is 0 Å². The highest BCUT2D eigenvalue weighted by molar-refractivity contribution is 5.81. The number of amides is 5. The van der Waals surface area contributed by atoms with Crippen molar-refractivity contribution in [2.24, 2.45) is 0 Å². The average Bonchev–Trinajstić information content (AvgIpc) is 3.06. The van der Waals surface area contributed by atoms with Crippen molar-refractivity contribution in [3.63, 3.8) is 0 Å². The third-order valence-corrected chi connectivity index (χ3v) is 8.84. The standard InChI is InChI=1S/C30H51N5O17/c1-10(37)31-6-5-16(41)28(48)35-15-7-14(33-12(3)39)26(52-30-24(46)23(45)21(43)17(49-30)8-32-11(2)38)25(47)27(15)51-29-22(44)19(34-13(4)40)20(42)18(9-36)50-29/h14-27,29-30,36,41-47H,5-9H2,1-4H3,(H,31,37)(H,32,38)(H,33,39)(H,34,40)(H,35,48)/t14-,15+,16-,17+,18+,19-,20+,21+,22+,23-,24+,25-,26+,27-,29+,30+/m0/s1. The van der Waals surface area contributed by atoms with E-state index in [2.05, 4.69) is 26.6 Å². The predicted octanol–water partition coefficient (Wildman–Crippen LogP) is -7.71. The molecule has 3 fully saturated rings. The van der Waals surface area contributed by atoms with E-state index in [-0.39, 0.29) is 25.9 Å².